The Kier molecular flexibility index (Phi) is 3.99. The zero-order valence-electron chi connectivity index (χ0n) is 16.2. The summed E-state index contributed by atoms with van der Waals surface area (Å²) in [4.78, 5) is 52.3. The highest BCUT2D eigenvalue weighted by molar-refractivity contribution is 5.98. The van der Waals surface area contributed by atoms with Crippen molar-refractivity contribution in [2.24, 2.45) is 0 Å². The third kappa shape index (κ3) is 2.55. The Labute approximate surface area is 170 Å². The Hall–Kier alpha value is -3.88. The van der Waals surface area contributed by atoms with Gasteiger partial charge in [-0.05, 0) is 49.2 Å². The van der Waals surface area contributed by atoms with Gasteiger partial charge in [-0.25, -0.2) is 23.5 Å². The van der Waals surface area contributed by atoms with Gasteiger partial charge in [-0.3, -0.25) is 14.5 Å². The molecule has 3 aliphatic rings. The van der Waals surface area contributed by atoms with Crippen molar-refractivity contribution < 1.29 is 9.59 Å². The van der Waals surface area contributed by atoms with E-state index in [1.165, 1.54) is 16.3 Å². The van der Waals surface area contributed by atoms with E-state index in [-0.39, 0.29) is 11.8 Å². The van der Waals surface area contributed by atoms with E-state index in [0.717, 1.165) is 4.57 Å². The maximum atomic E-state index is 13.2. The van der Waals surface area contributed by atoms with Gasteiger partial charge in [-0.1, -0.05) is 18.2 Å². The number of carbonyl (C=O) groups excluding carboxylic acids is 2. The molecule has 1 N–H and O–H groups in total. The van der Waals surface area contributed by atoms with Crippen LogP contribution in [0.1, 0.15) is 32.0 Å². The number of amides is 2. The lowest BCUT2D eigenvalue weighted by Crippen LogP contribution is -2.57. The van der Waals surface area contributed by atoms with Crippen molar-refractivity contribution in [3.63, 3.8) is 0 Å². The molecule has 0 spiro atoms. The van der Waals surface area contributed by atoms with Crippen molar-refractivity contribution in [2.45, 2.75) is 32.0 Å². The minimum atomic E-state index is -0.727. The first-order chi connectivity index (χ1) is 14.5. The van der Waals surface area contributed by atoms with E-state index in [4.69, 9.17) is 0 Å². The van der Waals surface area contributed by atoms with Crippen molar-refractivity contribution >= 4 is 23.2 Å². The summed E-state index contributed by atoms with van der Waals surface area (Å²) in [5, 5.41) is 2.69. The molecule has 3 aliphatic heterocycles. The number of carbonyl (C=O) groups is 2. The number of rotatable bonds is 3. The lowest BCUT2D eigenvalue weighted by molar-refractivity contribution is -0.128. The highest BCUT2D eigenvalue weighted by Gasteiger charge is 2.47. The molecule has 0 saturated carbocycles. The molecule has 9 heteroatoms. The summed E-state index contributed by atoms with van der Waals surface area (Å²) in [5.74, 6) is -0.403. The van der Waals surface area contributed by atoms with Gasteiger partial charge in [-0.2, -0.15) is 0 Å². The third-order valence-electron chi connectivity index (χ3n) is 5.58. The fraction of sp³-hybridized carbons (Fsp3) is 0.238. The number of hydrogen-bond acceptors (Lipinski definition) is 4. The Morgan fingerprint density at radius 2 is 1.53 bits per heavy atom. The molecule has 30 heavy (non-hydrogen) atoms. The maximum Gasteiger partial charge on any atom is 0.353 e. The highest BCUT2D eigenvalue weighted by Crippen LogP contribution is 2.40. The van der Waals surface area contributed by atoms with Gasteiger partial charge in [-0.15, -0.1) is 0 Å². The van der Waals surface area contributed by atoms with Crippen LogP contribution in [0.4, 0.5) is 11.4 Å². The summed E-state index contributed by atoms with van der Waals surface area (Å²) in [6.45, 7) is 1.42. The summed E-state index contributed by atoms with van der Waals surface area (Å²) in [5.41, 5.74) is 0.732. The summed E-state index contributed by atoms with van der Waals surface area (Å²) >= 11 is 0. The first kappa shape index (κ1) is 18.2. The van der Waals surface area contributed by atoms with Gasteiger partial charge in [0.2, 0.25) is 5.91 Å². The zero-order chi connectivity index (χ0) is 21.0. The van der Waals surface area contributed by atoms with E-state index in [2.05, 4.69) is 5.32 Å². The number of benzene rings is 2. The first-order valence-corrected chi connectivity index (χ1v) is 9.69. The predicted octanol–water partition coefficient (Wildman–Crippen LogP) is 1.64. The summed E-state index contributed by atoms with van der Waals surface area (Å²) in [6.07, 6.45) is 0.490. The SMILES string of the molecule is CC(=O)Nc1ccc(N2C(=O)C3CCC2n2c(=O)n(-c4ccccc4)c(=O)n23)cc1. The Balaban J connectivity index is 1.61. The minimum Gasteiger partial charge on any atom is -0.326 e. The zero-order valence-corrected chi connectivity index (χ0v) is 16.2. The molecule has 1 aromatic heterocycles. The molecule has 0 radical (unpaired) electrons. The van der Waals surface area contributed by atoms with Crippen LogP contribution in [0.2, 0.25) is 0 Å². The molecule has 2 unspecified atom stereocenters. The van der Waals surface area contributed by atoms with Crippen LogP contribution < -0.4 is 21.6 Å². The lowest BCUT2D eigenvalue weighted by Gasteiger charge is -2.45. The molecule has 2 atom stereocenters. The second-order valence-electron chi connectivity index (χ2n) is 7.44. The summed E-state index contributed by atoms with van der Waals surface area (Å²) in [7, 11) is 0. The van der Waals surface area contributed by atoms with Gasteiger partial charge in [0.25, 0.3) is 5.91 Å². The number of hydrogen-bond donors (Lipinski definition) is 1. The Morgan fingerprint density at radius 1 is 0.867 bits per heavy atom. The smallest absolute Gasteiger partial charge is 0.326 e. The Morgan fingerprint density at radius 3 is 2.20 bits per heavy atom. The molecule has 9 nitrogen and oxygen atoms in total. The number of nitrogens with zero attached hydrogens (tertiary/aromatic N) is 4. The van der Waals surface area contributed by atoms with Gasteiger partial charge in [0.1, 0.15) is 12.2 Å². The average Bonchev–Trinajstić information content (AvgIpc) is 3.01. The van der Waals surface area contributed by atoms with E-state index in [1.54, 1.807) is 53.4 Å². The van der Waals surface area contributed by atoms with Crippen molar-refractivity contribution in [2.75, 3.05) is 10.2 Å². The lowest BCUT2D eigenvalue weighted by atomic mass is 9.98. The fourth-order valence-corrected chi connectivity index (χ4v) is 4.36. The third-order valence-corrected chi connectivity index (χ3v) is 5.58. The van der Waals surface area contributed by atoms with Crippen molar-refractivity contribution in [1.29, 1.82) is 0 Å². The molecule has 152 valence electrons. The van der Waals surface area contributed by atoms with Crippen LogP contribution >= 0.6 is 0 Å². The molecule has 3 aromatic rings. The van der Waals surface area contributed by atoms with E-state index in [9.17, 15) is 19.2 Å². The van der Waals surface area contributed by atoms with Gasteiger partial charge in [0.05, 0.1) is 5.69 Å². The number of aromatic nitrogens is 3. The first-order valence-electron chi connectivity index (χ1n) is 9.69. The number of fused-ring (bicyclic) bond motifs is 2. The largest absolute Gasteiger partial charge is 0.353 e. The van der Waals surface area contributed by atoms with Gasteiger partial charge >= 0.3 is 11.4 Å². The number of anilines is 2. The molecular formula is C21H19N5O4. The topological polar surface area (TPSA) is 98.3 Å². The summed E-state index contributed by atoms with van der Waals surface area (Å²) in [6, 6.07) is 14.8. The Bertz CT molecular complexity index is 1270. The predicted molar refractivity (Wildman–Crippen MR) is 110 cm³/mol. The maximum absolute atomic E-state index is 13.2. The molecule has 2 aromatic carbocycles. The quantitative estimate of drug-likeness (QED) is 0.716. The molecule has 2 amide bonds. The van der Waals surface area contributed by atoms with E-state index in [0.29, 0.717) is 29.9 Å². The average molecular weight is 405 g/mol. The number of piperidine rings is 1. The number of para-hydroxylation sites is 1. The monoisotopic (exact) mass is 405 g/mol. The van der Waals surface area contributed by atoms with Crippen LogP contribution in [0.5, 0.6) is 0 Å². The molecular weight excluding hydrogens is 386 g/mol. The minimum absolute atomic E-state index is 0.186. The van der Waals surface area contributed by atoms with Crippen LogP contribution in [-0.2, 0) is 9.59 Å². The molecule has 2 bridgehead atoms. The second kappa shape index (κ2) is 6.58. The van der Waals surface area contributed by atoms with Crippen LogP contribution in [0.15, 0.2) is 64.2 Å². The van der Waals surface area contributed by atoms with Crippen LogP contribution in [0.25, 0.3) is 5.69 Å². The van der Waals surface area contributed by atoms with Crippen molar-refractivity contribution in [1.82, 2.24) is 13.9 Å². The molecule has 0 aliphatic carbocycles. The fourth-order valence-electron chi connectivity index (χ4n) is 4.36. The molecule has 1 fully saturated rings. The van der Waals surface area contributed by atoms with Gasteiger partial charge in [0, 0.05) is 18.3 Å². The van der Waals surface area contributed by atoms with Crippen LogP contribution in [-0.4, -0.2) is 25.7 Å². The number of nitrogens with one attached hydrogen (secondary N) is 1. The van der Waals surface area contributed by atoms with Crippen LogP contribution in [0.3, 0.4) is 0 Å². The second-order valence-corrected chi connectivity index (χ2v) is 7.44. The normalized spacial score (nSPS) is 19.6. The molecule has 6 rings (SSSR count). The van der Waals surface area contributed by atoms with Crippen molar-refractivity contribution in [3.8, 4) is 5.69 Å². The van der Waals surface area contributed by atoms with Crippen LogP contribution in [0, 0.1) is 0 Å². The van der Waals surface area contributed by atoms with Crippen molar-refractivity contribution in [3.05, 3.63) is 75.6 Å². The van der Waals surface area contributed by atoms with E-state index < -0.39 is 23.6 Å². The summed E-state index contributed by atoms with van der Waals surface area (Å²) < 4.78 is 3.81. The highest BCUT2D eigenvalue weighted by atomic mass is 16.2. The van der Waals surface area contributed by atoms with E-state index in [1.807, 2.05) is 6.07 Å². The molecule has 1 saturated heterocycles. The molecule has 4 heterocycles. The van der Waals surface area contributed by atoms with Gasteiger partial charge in [0.15, 0.2) is 0 Å². The van der Waals surface area contributed by atoms with E-state index >= 15 is 0 Å². The van der Waals surface area contributed by atoms with Gasteiger partial charge < -0.3 is 5.32 Å². The standard InChI is InChI=1S/C21H19N5O4/c1-13(27)22-14-7-9-16(10-8-14)23-18-12-11-17(19(23)28)25-20(29)24(21(30)26(18)25)15-5-3-2-4-6-15/h2-10,17-18H,11-12H2,1H3,(H,22,27).